The van der Waals surface area contributed by atoms with Gasteiger partial charge in [0.15, 0.2) is 0 Å². The second-order valence-corrected chi connectivity index (χ2v) is 7.44. The number of nitrogens with two attached hydrogens (primary N) is 1. The van der Waals surface area contributed by atoms with Crippen molar-refractivity contribution >= 4 is 17.6 Å². The van der Waals surface area contributed by atoms with Crippen molar-refractivity contribution in [2.24, 2.45) is 5.73 Å². The summed E-state index contributed by atoms with van der Waals surface area (Å²) < 4.78 is 5.66. The molecule has 1 aliphatic rings. The zero-order chi connectivity index (χ0) is 22.0. The summed E-state index contributed by atoms with van der Waals surface area (Å²) in [6.45, 7) is -0.424. The summed E-state index contributed by atoms with van der Waals surface area (Å²) in [5, 5.41) is 21.2. The summed E-state index contributed by atoms with van der Waals surface area (Å²) in [4.78, 5) is 23.6. The van der Waals surface area contributed by atoms with Crippen molar-refractivity contribution in [1.29, 1.82) is 0 Å². The molecule has 0 aromatic heterocycles. The van der Waals surface area contributed by atoms with Crippen LogP contribution in [0.5, 0.6) is 5.75 Å². The molecule has 0 bridgehead atoms. The predicted octanol–water partition coefficient (Wildman–Crippen LogP) is 3.07. The summed E-state index contributed by atoms with van der Waals surface area (Å²) in [5.41, 5.74) is 11.1. The standard InChI is InChI=1S/C24H22N2O5/c25-21(11-14-5-8-16(27)9-6-14)24(30)26-15-7-10-18-17-3-1-2-4-19(17)23(20(18)12-15)31-13-22(28)29/h1-10,12,21,23,27H,11,13,25H2,(H,26,30)(H,28,29)/t21-,23?/m0/s1. The van der Waals surface area contributed by atoms with Crippen LogP contribution in [0.3, 0.4) is 0 Å². The number of fused-ring (bicyclic) bond motifs is 3. The molecule has 3 aromatic carbocycles. The van der Waals surface area contributed by atoms with Crippen LogP contribution in [0.4, 0.5) is 5.69 Å². The fourth-order valence-corrected chi connectivity index (χ4v) is 3.79. The number of aliphatic carboxylic acids is 1. The summed E-state index contributed by atoms with van der Waals surface area (Å²) >= 11 is 0. The Morgan fingerprint density at radius 1 is 1.00 bits per heavy atom. The van der Waals surface area contributed by atoms with Crippen molar-refractivity contribution in [1.82, 2.24) is 0 Å². The van der Waals surface area contributed by atoms with Crippen LogP contribution in [-0.2, 0) is 20.7 Å². The minimum atomic E-state index is -1.05. The first kappa shape index (κ1) is 20.6. The number of amides is 1. The Hall–Kier alpha value is -3.68. The predicted molar refractivity (Wildman–Crippen MR) is 116 cm³/mol. The Morgan fingerprint density at radius 3 is 2.45 bits per heavy atom. The Kier molecular flexibility index (Phi) is 5.70. The molecule has 0 spiro atoms. The molecule has 158 valence electrons. The van der Waals surface area contributed by atoms with Crippen molar-refractivity contribution in [3.05, 3.63) is 83.4 Å². The molecule has 3 aromatic rings. The average Bonchev–Trinajstić information content (AvgIpc) is 3.06. The Balaban J connectivity index is 1.52. The summed E-state index contributed by atoms with van der Waals surface area (Å²) in [7, 11) is 0. The minimum Gasteiger partial charge on any atom is -0.508 e. The van der Waals surface area contributed by atoms with Crippen LogP contribution in [0.25, 0.3) is 11.1 Å². The Morgan fingerprint density at radius 2 is 1.71 bits per heavy atom. The van der Waals surface area contributed by atoms with Gasteiger partial charge in [0.25, 0.3) is 0 Å². The van der Waals surface area contributed by atoms with Gasteiger partial charge in [0.2, 0.25) is 5.91 Å². The molecule has 0 heterocycles. The number of anilines is 1. The third-order valence-electron chi connectivity index (χ3n) is 5.24. The number of carbonyl (C=O) groups excluding carboxylic acids is 1. The molecular formula is C24H22N2O5. The molecule has 0 fully saturated rings. The third kappa shape index (κ3) is 4.42. The van der Waals surface area contributed by atoms with Gasteiger partial charge in [-0.15, -0.1) is 0 Å². The second kappa shape index (κ2) is 8.59. The van der Waals surface area contributed by atoms with E-state index in [0.29, 0.717) is 12.1 Å². The van der Waals surface area contributed by atoms with E-state index in [2.05, 4.69) is 5.32 Å². The number of carbonyl (C=O) groups is 2. The lowest BCUT2D eigenvalue weighted by Gasteiger charge is -2.16. The number of hydrogen-bond donors (Lipinski definition) is 4. The summed E-state index contributed by atoms with van der Waals surface area (Å²) in [5.74, 6) is -1.23. The topological polar surface area (TPSA) is 122 Å². The van der Waals surface area contributed by atoms with Crippen LogP contribution in [0.1, 0.15) is 22.8 Å². The van der Waals surface area contributed by atoms with Crippen molar-refractivity contribution in [2.45, 2.75) is 18.6 Å². The normalized spacial score (nSPS) is 15.1. The van der Waals surface area contributed by atoms with E-state index >= 15 is 0 Å². The molecular weight excluding hydrogens is 396 g/mol. The van der Waals surface area contributed by atoms with Crippen molar-refractivity contribution in [2.75, 3.05) is 11.9 Å². The number of hydrogen-bond acceptors (Lipinski definition) is 5. The van der Waals surface area contributed by atoms with E-state index in [1.165, 1.54) is 0 Å². The van der Waals surface area contributed by atoms with Crippen LogP contribution in [-0.4, -0.2) is 34.7 Å². The van der Waals surface area contributed by atoms with Gasteiger partial charge >= 0.3 is 5.97 Å². The molecule has 0 saturated carbocycles. The largest absolute Gasteiger partial charge is 0.508 e. The molecule has 0 radical (unpaired) electrons. The lowest BCUT2D eigenvalue weighted by Crippen LogP contribution is -2.37. The van der Waals surface area contributed by atoms with Crippen LogP contribution in [0.2, 0.25) is 0 Å². The van der Waals surface area contributed by atoms with E-state index in [9.17, 15) is 14.7 Å². The molecule has 7 nitrogen and oxygen atoms in total. The van der Waals surface area contributed by atoms with Crippen LogP contribution >= 0.6 is 0 Å². The Bertz CT molecular complexity index is 1130. The van der Waals surface area contributed by atoms with Gasteiger partial charge in [0, 0.05) is 5.69 Å². The SMILES string of the molecule is N[C@@H](Cc1ccc(O)cc1)C(=O)Nc1ccc2c(c1)C(OCC(=O)O)c1ccccc1-2. The second-order valence-electron chi connectivity index (χ2n) is 7.44. The molecule has 4 rings (SSSR count). The number of carboxylic acid groups (broad SMARTS) is 1. The lowest BCUT2D eigenvalue weighted by molar-refractivity contribution is -0.143. The first-order chi connectivity index (χ1) is 14.9. The van der Waals surface area contributed by atoms with Gasteiger partial charge in [-0.1, -0.05) is 42.5 Å². The van der Waals surface area contributed by atoms with Crippen molar-refractivity contribution < 1.29 is 24.5 Å². The van der Waals surface area contributed by atoms with E-state index < -0.39 is 24.7 Å². The van der Waals surface area contributed by atoms with Gasteiger partial charge in [0.1, 0.15) is 18.5 Å². The molecule has 31 heavy (non-hydrogen) atoms. The third-order valence-corrected chi connectivity index (χ3v) is 5.24. The smallest absolute Gasteiger partial charge is 0.329 e. The molecule has 1 aliphatic carbocycles. The number of carboxylic acids is 1. The van der Waals surface area contributed by atoms with E-state index in [1.54, 1.807) is 36.4 Å². The number of phenolic OH excluding ortho intramolecular Hbond substituents is 1. The molecule has 2 atom stereocenters. The molecule has 1 unspecified atom stereocenters. The fraction of sp³-hybridized carbons (Fsp3) is 0.167. The highest BCUT2D eigenvalue weighted by Gasteiger charge is 2.30. The number of nitrogens with one attached hydrogen (secondary N) is 1. The summed E-state index contributed by atoms with van der Waals surface area (Å²) in [6, 6.07) is 18.9. The van der Waals surface area contributed by atoms with Gasteiger partial charge in [-0.25, -0.2) is 4.79 Å². The first-order valence-electron chi connectivity index (χ1n) is 9.83. The molecule has 1 amide bonds. The molecule has 5 N–H and O–H groups in total. The van der Waals surface area contributed by atoms with Gasteiger partial charge in [0.05, 0.1) is 6.04 Å². The van der Waals surface area contributed by atoms with Crippen molar-refractivity contribution in [3.8, 4) is 16.9 Å². The van der Waals surface area contributed by atoms with Gasteiger partial charge < -0.3 is 26.0 Å². The first-order valence-corrected chi connectivity index (χ1v) is 9.83. The van der Waals surface area contributed by atoms with E-state index in [1.807, 2.05) is 30.3 Å². The van der Waals surface area contributed by atoms with Crippen molar-refractivity contribution in [3.63, 3.8) is 0 Å². The molecule has 7 heteroatoms. The number of rotatable bonds is 7. The van der Waals surface area contributed by atoms with E-state index in [-0.39, 0.29) is 11.7 Å². The zero-order valence-corrected chi connectivity index (χ0v) is 16.6. The van der Waals surface area contributed by atoms with Crippen LogP contribution in [0.15, 0.2) is 66.7 Å². The van der Waals surface area contributed by atoms with E-state index in [0.717, 1.165) is 27.8 Å². The quantitative estimate of drug-likeness (QED) is 0.468. The maximum atomic E-state index is 12.6. The molecule has 0 aliphatic heterocycles. The Labute approximate surface area is 179 Å². The zero-order valence-electron chi connectivity index (χ0n) is 16.6. The lowest BCUT2D eigenvalue weighted by atomic mass is 10.0. The maximum absolute atomic E-state index is 12.6. The van der Waals surface area contributed by atoms with Gasteiger partial charge in [-0.2, -0.15) is 0 Å². The fourth-order valence-electron chi connectivity index (χ4n) is 3.79. The monoisotopic (exact) mass is 418 g/mol. The van der Waals surface area contributed by atoms with Crippen LogP contribution < -0.4 is 11.1 Å². The number of ether oxygens (including phenoxy) is 1. The van der Waals surface area contributed by atoms with Gasteiger partial charge in [-0.3, -0.25) is 4.79 Å². The highest BCUT2D eigenvalue weighted by molar-refractivity contribution is 5.95. The number of phenols is 1. The van der Waals surface area contributed by atoms with Crippen LogP contribution in [0, 0.1) is 0 Å². The maximum Gasteiger partial charge on any atom is 0.329 e. The number of aromatic hydroxyl groups is 1. The summed E-state index contributed by atoms with van der Waals surface area (Å²) in [6.07, 6.45) is -0.197. The van der Waals surface area contributed by atoms with E-state index in [4.69, 9.17) is 15.6 Å². The van der Waals surface area contributed by atoms with Gasteiger partial charge in [-0.05, 0) is 58.5 Å². The minimum absolute atomic E-state index is 0.153. The number of benzene rings is 3. The highest BCUT2D eigenvalue weighted by Crippen LogP contribution is 2.46. The highest BCUT2D eigenvalue weighted by atomic mass is 16.5. The average molecular weight is 418 g/mol. The molecule has 0 saturated heterocycles.